The van der Waals surface area contributed by atoms with E-state index < -0.39 is 17.5 Å². The molecule has 4 heteroatoms. The van der Waals surface area contributed by atoms with Gasteiger partial charge < -0.3 is 0 Å². The molecule has 0 atom stereocenters. The smallest absolute Gasteiger partial charge is 0.150 e. The first-order chi connectivity index (χ1) is 10.1. The Balaban J connectivity index is 2.04. The number of rotatable bonds is 2. The lowest BCUT2D eigenvalue weighted by Gasteiger charge is -2.06. The fourth-order valence-electron chi connectivity index (χ4n) is 2.11. The third-order valence-electron chi connectivity index (χ3n) is 3.10. The second-order valence-electron chi connectivity index (χ2n) is 4.58. The van der Waals surface area contributed by atoms with Crippen LogP contribution in [0.15, 0.2) is 60.8 Å². The number of halogens is 3. The number of hydrogen-bond acceptors (Lipinski definition) is 1. The summed E-state index contributed by atoms with van der Waals surface area (Å²) < 4.78 is 40.5. The van der Waals surface area contributed by atoms with E-state index >= 15 is 0 Å². The maximum Gasteiger partial charge on any atom is 0.150 e. The Hall–Kier alpha value is -2.62. The highest BCUT2D eigenvalue weighted by Crippen LogP contribution is 2.26. The Morgan fingerprint density at radius 2 is 1.29 bits per heavy atom. The Morgan fingerprint density at radius 1 is 0.667 bits per heavy atom. The highest BCUT2D eigenvalue weighted by molar-refractivity contribution is 5.67. The highest BCUT2D eigenvalue weighted by Gasteiger charge is 2.10. The first-order valence-electron chi connectivity index (χ1n) is 6.31. The molecule has 0 fully saturated rings. The van der Waals surface area contributed by atoms with E-state index in [9.17, 15) is 13.2 Å². The van der Waals surface area contributed by atoms with Gasteiger partial charge in [-0.05, 0) is 35.9 Å². The molecule has 3 aromatic rings. The van der Waals surface area contributed by atoms with Gasteiger partial charge in [-0.3, -0.25) is 4.98 Å². The van der Waals surface area contributed by atoms with Crippen molar-refractivity contribution in [3.63, 3.8) is 0 Å². The number of benzene rings is 2. The summed E-state index contributed by atoms with van der Waals surface area (Å²) in [5, 5.41) is 0. The highest BCUT2D eigenvalue weighted by atomic mass is 19.1. The second-order valence-corrected chi connectivity index (χ2v) is 4.58. The minimum absolute atomic E-state index is 0.0645. The second kappa shape index (κ2) is 5.40. The van der Waals surface area contributed by atoms with Crippen LogP contribution in [-0.4, -0.2) is 4.98 Å². The van der Waals surface area contributed by atoms with Crippen molar-refractivity contribution < 1.29 is 13.2 Å². The fraction of sp³-hybridized carbons (Fsp3) is 0. The Labute approximate surface area is 119 Å². The SMILES string of the molecule is Fc1cccc(-c2cnc(-c3cccc(F)c3)c(F)c2)c1. The summed E-state index contributed by atoms with van der Waals surface area (Å²) in [5.41, 5.74) is 1.42. The van der Waals surface area contributed by atoms with Crippen molar-refractivity contribution >= 4 is 0 Å². The molecule has 0 unspecified atom stereocenters. The van der Waals surface area contributed by atoms with Crippen LogP contribution in [-0.2, 0) is 0 Å². The summed E-state index contributed by atoms with van der Waals surface area (Å²) in [4.78, 5) is 4.03. The van der Waals surface area contributed by atoms with Crippen LogP contribution in [0.4, 0.5) is 13.2 Å². The third kappa shape index (κ3) is 2.79. The molecule has 0 bridgehead atoms. The van der Waals surface area contributed by atoms with Crippen molar-refractivity contribution in [2.45, 2.75) is 0 Å². The molecule has 1 heterocycles. The minimum Gasteiger partial charge on any atom is -0.253 e. The Bertz CT molecular complexity index is 800. The van der Waals surface area contributed by atoms with Gasteiger partial charge in [0.1, 0.15) is 23.1 Å². The largest absolute Gasteiger partial charge is 0.253 e. The van der Waals surface area contributed by atoms with Crippen molar-refractivity contribution in [2.24, 2.45) is 0 Å². The van der Waals surface area contributed by atoms with Gasteiger partial charge in [0.15, 0.2) is 0 Å². The van der Waals surface area contributed by atoms with Crippen LogP contribution in [0.3, 0.4) is 0 Å². The molecule has 1 aromatic heterocycles. The molecule has 0 aliphatic heterocycles. The molecule has 0 aliphatic rings. The van der Waals surface area contributed by atoms with Crippen molar-refractivity contribution in [3.8, 4) is 22.4 Å². The van der Waals surface area contributed by atoms with Crippen molar-refractivity contribution in [1.29, 1.82) is 0 Å². The van der Waals surface area contributed by atoms with Crippen LogP contribution in [0.2, 0.25) is 0 Å². The van der Waals surface area contributed by atoms with Crippen LogP contribution in [0.25, 0.3) is 22.4 Å². The molecule has 3 rings (SSSR count). The average molecular weight is 285 g/mol. The maximum atomic E-state index is 14.2. The van der Waals surface area contributed by atoms with Gasteiger partial charge >= 0.3 is 0 Å². The summed E-state index contributed by atoms with van der Waals surface area (Å²) in [5.74, 6) is -1.44. The van der Waals surface area contributed by atoms with Crippen LogP contribution in [0.1, 0.15) is 0 Å². The Kier molecular flexibility index (Phi) is 3.44. The van der Waals surface area contributed by atoms with Gasteiger partial charge in [0.2, 0.25) is 0 Å². The number of hydrogen-bond donors (Lipinski definition) is 0. The van der Waals surface area contributed by atoms with Gasteiger partial charge in [-0.15, -0.1) is 0 Å². The van der Waals surface area contributed by atoms with Crippen LogP contribution in [0.5, 0.6) is 0 Å². The summed E-state index contributed by atoms with van der Waals surface area (Å²) in [6.07, 6.45) is 1.44. The zero-order valence-electron chi connectivity index (χ0n) is 10.9. The lowest BCUT2D eigenvalue weighted by molar-refractivity contribution is 0.621. The molecule has 0 saturated heterocycles. The molecule has 2 aromatic carbocycles. The van der Waals surface area contributed by atoms with E-state index in [0.29, 0.717) is 16.7 Å². The first kappa shape index (κ1) is 13.4. The molecule has 21 heavy (non-hydrogen) atoms. The Morgan fingerprint density at radius 3 is 1.90 bits per heavy atom. The van der Waals surface area contributed by atoms with Gasteiger partial charge in [-0.1, -0.05) is 24.3 Å². The zero-order valence-corrected chi connectivity index (χ0v) is 10.9. The normalized spacial score (nSPS) is 10.6. The zero-order chi connectivity index (χ0) is 14.8. The molecular formula is C17H10F3N. The van der Waals surface area contributed by atoms with Gasteiger partial charge in [-0.25, -0.2) is 13.2 Å². The van der Waals surface area contributed by atoms with Gasteiger partial charge in [0.25, 0.3) is 0 Å². The van der Waals surface area contributed by atoms with E-state index in [1.54, 1.807) is 18.2 Å². The van der Waals surface area contributed by atoms with E-state index in [1.165, 1.54) is 42.6 Å². The van der Waals surface area contributed by atoms with E-state index in [0.717, 1.165) is 0 Å². The first-order valence-corrected chi connectivity index (χ1v) is 6.31. The summed E-state index contributed by atoms with van der Waals surface area (Å²) in [6, 6.07) is 12.7. The molecule has 104 valence electrons. The lowest BCUT2D eigenvalue weighted by atomic mass is 10.1. The standard InChI is InChI=1S/C17H10F3N/c18-14-5-1-3-11(7-14)13-9-16(20)17(21-10-13)12-4-2-6-15(19)8-12/h1-10H. The topological polar surface area (TPSA) is 12.9 Å². The molecule has 0 saturated carbocycles. The van der Waals surface area contributed by atoms with E-state index in [1.807, 2.05) is 0 Å². The predicted molar refractivity (Wildman–Crippen MR) is 75.0 cm³/mol. The number of aromatic nitrogens is 1. The molecule has 1 nitrogen and oxygen atoms in total. The molecular weight excluding hydrogens is 275 g/mol. The van der Waals surface area contributed by atoms with E-state index in [4.69, 9.17) is 0 Å². The maximum absolute atomic E-state index is 14.2. The van der Waals surface area contributed by atoms with Crippen LogP contribution >= 0.6 is 0 Å². The molecule has 0 spiro atoms. The summed E-state index contributed by atoms with van der Waals surface area (Å²) >= 11 is 0. The van der Waals surface area contributed by atoms with Gasteiger partial charge in [0.05, 0.1) is 0 Å². The minimum atomic E-state index is -0.581. The third-order valence-corrected chi connectivity index (χ3v) is 3.10. The molecule has 0 N–H and O–H groups in total. The van der Waals surface area contributed by atoms with Crippen molar-refractivity contribution in [2.75, 3.05) is 0 Å². The van der Waals surface area contributed by atoms with Crippen LogP contribution < -0.4 is 0 Å². The molecule has 0 radical (unpaired) electrons. The van der Waals surface area contributed by atoms with Crippen LogP contribution in [0, 0.1) is 17.5 Å². The lowest BCUT2D eigenvalue weighted by Crippen LogP contribution is -1.92. The summed E-state index contributed by atoms with van der Waals surface area (Å²) in [6.45, 7) is 0. The number of pyridine rings is 1. The quantitative estimate of drug-likeness (QED) is 0.657. The van der Waals surface area contributed by atoms with Gasteiger partial charge in [-0.2, -0.15) is 0 Å². The summed E-state index contributed by atoms with van der Waals surface area (Å²) in [7, 11) is 0. The predicted octanol–water partition coefficient (Wildman–Crippen LogP) is 4.83. The van der Waals surface area contributed by atoms with Gasteiger partial charge in [0, 0.05) is 17.3 Å². The van der Waals surface area contributed by atoms with Crippen molar-refractivity contribution in [3.05, 3.63) is 78.2 Å². The van der Waals surface area contributed by atoms with E-state index in [2.05, 4.69) is 4.98 Å². The fourth-order valence-corrected chi connectivity index (χ4v) is 2.11. The van der Waals surface area contributed by atoms with Crippen molar-refractivity contribution in [1.82, 2.24) is 4.98 Å². The van der Waals surface area contributed by atoms with E-state index in [-0.39, 0.29) is 5.69 Å². The molecule has 0 aliphatic carbocycles. The number of nitrogens with zero attached hydrogens (tertiary/aromatic N) is 1. The average Bonchev–Trinajstić information content (AvgIpc) is 2.47. The monoisotopic (exact) mass is 285 g/mol. The molecule has 0 amide bonds.